The molecule has 0 bridgehead atoms. The van der Waals surface area contributed by atoms with Gasteiger partial charge >= 0.3 is 0 Å². The molecule has 2 aromatic carbocycles. The van der Waals surface area contributed by atoms with E-state index in [1.165, 1.54) is 12.8 Å². The first-order valence-electron chi connectivity index (χ1n) is 13.1. The summed E-state index contributed by atoms with van der Waals surface area (Å²) >= 11 is 0. The zero-order valence-electron chi connectivity index (χ0n) is 20.4. The number of phenolic OH excluding ortho intramolecular Hbond substituents is 1. The molecule has 6 rings (SSSR count). The van der Waals surface area contributed by atoms with Crippen molar-refractivity contribution in [1.82, 2.24) is 19.5 Å². The first kappa shape index (κ1) is 22.8. The average molecular weight is 484 g/mol. The molecule has 0 radical (unpaired) electrons. The van der Waals surface area contributed by atoms with Crippen molar-refractivity contribution in [2.24, 2.45) is 5.73 Å². The van der Waals surface area contributed by atoms with Crippen LogP contribution in [0.2, 0.25) is 0 Å². The molecule has 0 aliphatic heterocycles. The maximum Gasteiger partial charge on any atom is 0.227 e. The van der Waals surface area contributed by atoms with Gasteiger partial charge in [0.1, 0.15) is 5.75 Å². The van der Waals surface area contributed by atoms with E-state index in [2.05, 4.69) is 15.2 Å². The number of fused-ring (bicyclic) bond motifs is 1. The molecule has 2 aliphatic rings. The standard InChI is InChI=1S/C28H33N7O/c29-19-11-15-21(16-12-19)32-28-33-26(25-27(34-28)35(17-30-25)22-5-1-2-6-22)31-20-13-9-18(10-14-20)23-7-3-4-8-24(23)36/h3-4,7-10,13-14,17,19,21-22,36H,1-2,5-6,11-12,15-16,29H2,(H2,31,32,33,34). The van der Waals surface area contributed by atoms with E-state index in [0.717, 1.165) is 66.5 Å². The second-order valence-electron chi connectivity index (χ2n) is 10.1. The lowest BCUT2D eigenvalue weighted by molar-refractivity contribution is 0.410. The summed E-state index contributed by atoms with van der Waals surface area (Å²) in [6, 6.07) is 16.4. The number of nitrogens with two attached hydrogens (primary N) is 1. The topological polar surface area (TPSA) is 114 Å². The highest BCUT2D eigenvalue weighted by Crippen LogP contribution is 2.35. The van der Waals surface area contributed by atoms with Crippen LogP contribution in [-0.4, -0.2) is 36.7 Å². The fraction of sp³-hybridized carbons (Fsp3) is 0.393. The van der Waals surface area contributed by atoms with Crippen LogP contribution in [0.3, 0.4) is 0 Å². The molecule has 8 heteroatoms. The highest BCUT2D eigenvalue weighted by Gasteiger charge is 2.24. The minimum atomic E-state index is 0.271. The van der Waals surface area contributed by atoms with Crippen LogP contribution in [-0.2, 0) is 0 Å². The fourth-order valence-corrected chi connectivity index (χ4v) is 5.55. The Labute approximate surface area is 211 Å². The van der Waals surface area contributed by atoms with E-state index in [-0.39, 0.29) is 5.75 Å². The molecular formula is C28H33N7O. The number of aromatic nitrogens is 4. The third kappa shape index (κ3) is 4.60. The van der Waals surface area contributed by atoms with Gasteiger partial charge in [-0.05, 0) is 62.3 Å². The Kier molecular flexibility index (Phi) is 6.19. The number of nitrogens with one attached hydrogen (secondary N) is 2. The normalized spacial score (nSPS) is 20.6. The van der Waals surface area contributed by atoms with Gasteiger partial charge < -0.3 is 26.0 Å². The molecule has 0 amide bonds. The van der Waals surface area contributed by atoms with Crippen LogP contribution in [0.15, 0.2) is 54.9 Å². The highest BCUT2D eigenvalue weighted by atomic mass is 16.3. The quantitative estimate of drug-likeness (QED) is 0.276. The van der Waals surface area contributed by atoms with E-state index >= 15 is 0 Å². The Morgan fingerprint density at radius 3 is 2.39 bits per heavy atom. The van der Waals surface area contributed by atoms with Gasteiger partial charge in [-0.15, -0.1) is 0 Å². The monoisotopic (exact) mass is 483 g/mol. The molecule has 2 aliphatic carbocycles. The fourth-order valence-electron chi connectivity index (χ4n) is 5.55. The van der Waals surface area contributed by atoms with Gasteiger partial charge in [-0.1, -0.05) is 43.2 Å². The lowest BCUT2D eigenvalue weighted by Crippen LogP contribution is -2.33. The van der Waals surface area contributed by atoms with Gasteiger partial charge in [0, 0.05) is 29.4 Å². The largest absolute Gasteiger partial charge is 0.507 e. The van der Waals surface area contributed by atoms with Crippen LogP contribution in [0.4, 0.5) is 17.5 Å². The number of anilines is 3. The van der Waals surface area contributed by atoms with Crippen LogP contribution in [0, 0.1) is 0 Å². The average Bonchev–Trinajstić information content (AvgIpc) is 3.57. The summed E-state index contributed by atoms with van der Waals surface area (Å²) in [6.07, 6.45) is 10.8. The zero-order chi connectivity index (χ0) is 24.5. The maximum absolute atomic E-state index is 10.2. The molecule has 5 N–H and O–H groups in total. The number of imidazole rings is 1. The van der Waals surface area contributed by atoms with E-state index in [0.29, 0.717) is 29.9 Å². The van der Waals surface area contributed by atoms with Crippen molar-refractivity contribution >= 4 is 28.6 Å². The predicted octanol–water partition coefficient (Wildman–Crippen LogP) is 5.74. The van der Waals surface area contributed by atoms with Crippen molar-refractivity contribution in [2.45, 2.75) is 69.5 Å². The Balaban J connectivity index is 1.32. The maximum atomic E-state index is 10.2. The molecule has 8 nitrogen and oxygen atoms in total. The van der Waals surface area contributed by atoms with E-state index in [4.69, 9.17) is 20.7 Å². The predicted molar refractivity (Wildman–Crippen MR) is 144 cm³/mol. The van der Waals surface area contributed by atoms with Crippen molar-refractivity contribution in [2.75, 3.05) is 10.6 Å². The number of nitrogens with zero attached hydrogens (tertiary/aromatic N) is 4. The highest BCUT2D eigenvalue weighted by molar-refractivity contribution is 5.87. The van der Waals surface area contributed by atoms with Gasteiger partial charge in [-0.25, -0.2) is 4.98 Å². The Morgan fingerprint density at radius 1 is 0.889 bits per heavy atom. The van der Waals surface area contributed by atoms with E-state index in [1.807, 2.05) is 48.8 Å². The summed E-state index contributed by atoms with van der Waals surface area (Å²) in [5.41, 5.74) is 10.4. The third-order valence-corrected chi connectivity index (χ3v) is 7.61. The molecule has 0 unspecified atom stereocenters. The SMILES string of the molecule is NC1CCC(Nc2nc(Nc3ccc(-c4ccccc4O)cc3)c3ncn(C4CCCC4)c3n2)CC1. The van der Waals surface area contributed by atoms with Crippen molar-refractivity contribution in [3.05, 3.63) is 54.9 Å². The summed E-state index contributed by atoms with van der Waals surface area (Å²) in [7, 11) is 0. The van der Waals surface area contributed by atoms with Crippen molar-refractivity contribution in [1.29, 1.82) is 0 Å². The summed E-state index contributed by atoms with van der Waals surface area (Å²) in [4.78, 5) is 14.5. The van der Waals surface area contributed by atoms with Gasteiger partial charge in [0.05, 0.1) is 6.33 Å². The molecule has 36 heavy (non-hydrogen) atoms. The minimum Gasteiger partial charge on any atom is -0.507 e. The molecule has 2 heterocycles. The first-order chi connectivity index (χ1) is 17.6. The molecule has 0 atom stereocenters. The van der Waals surface area contributed by atoms with Gasteiger partial charge in [-0.2, -0.15) is 9.97 Å². The van der Waals surface area contributed by atoms with Crippen molar-refractivity contribution in [3.63, 3.8) is 0 Å². The number of hydrogen-bond donors (Lipinski definition) is 4. The van der Waals surface area contributed by atoms with Gasteiger partial charge in [-0.3, -0.25) is 0 Å². The molecule has 2 fully saturated rings. The molecule has 0 spiro atoms. The summed E-state index contributed by atoms with van der Waals surface area (Å²) < 4.78 is 2.23. The lowest BCUT2D eigenvalue weighted by atomic mass is 9.92. The van der Waals surface area contributed by atoms with E-state index < -0.39 is 0 Å². The molecule has 0 saturated heterocycles. The number of hydrogen-bond acceptors (Lipinski definition) is 7. The first-order valence-corrected chi connectivity index (χ1v) is 13.1. The number of para-hydroxylation sites is 1. The minimum absolute atomic E-state index is 0.271. The summed E-state index contributed by atoms with van der Waals surface area (Å²) in [5, 5.41) is 17.3. The van der Waals surface area contributed by atoms with Crippen LogP contribution in [0.5, 0.6) is 5.75 Å². The van der Waals surface area contributed by atoms with Gasteiger partial charge in [0.2, 0.25) is 5.95 Å². The smallest absolute Gasteiger partial charge is 0.227 e. The molecule has 2 saturated carbocycles. The summed E-state index contributed by atoms with van der Waals surface area (Å²) in [5.74, 6) is 1.60. The second kappa shape index (κ2) is 9.78. The third-order valence-electron chi connectivity index (χ3n) is 7.61. The second-order valence-corrected chi connectivity index (χ2v) is 10.1. The molecule has 186 valence electrons. The Morgan fingerprint density at radius 2 is 1.64 bits per heavy atom. The van der Waals surface area contributed by atoms with Gasteiger partial charge in [0.15, 0.2) is 17.0 Å². The number of aromatic hydroxyl groups is 1. The van der Waals surface area contributed by atoms with Crippen LogP contribution >= 0.6 is 0 Å². The molecule has 4 aromatic rings. The van der Waals surface area contributed by atoms with E-state index in [9.17, 15) is 5.11 Å². The summed E-state index contributed by atoms with van der Waals surface area (Å²) in [6.45, 7) is 0. The van der Waals surface area contributed by atoms with Crippen molar-refractivity contribution < 1.29 is 5.11 Å². The zero-order valence-corrected chi connectivity index (χ0v) is 20.4. The number of phenols is 1. The molecular weight excluding hydrogens is 450 g/mol. The van der Waals surface area contributed by atoms with Gasteiger partial charge in [0.25, 0.3) is 0 Å². The Bertz CT molecular complexity index is 1340. The van der Waals surface area contributed by atoms with Crippen molar-refractivity contribution in [3.8, 4) is 16.9 Å². The van der Waals surface area contributed by atoms with Crippen LogP contribution < -0.4 is 16.4 Å². The lowest BCUT2D eigenvalue weighted by Gasteiger charge is -2.27. The Hall–Kier alpha value is -3.65. The molecule has 2 aromatic heterocycles. The number of rotatable bonds is 6. The number of benzene rings is 2. The van der Waals surface area contributed by atoms with E-state index in [1.54, 1.807) is 6.07 Å². The van der Waals surface area contributed by atoms with Crippen LogP contribution in [0.1, 0.15) is 57.4 Å². The van der Waals surface area contributed by atoms with Crippen LogP contribution in [0.25, 0.3) is 22.3 Å².